The lowest BCUT2D eigenvalue weighted by Crippen LogP contribution is -2.21. The molecule has 90 valence electrons. The van der Waals surface area contributed by atoms with Gasteiger partial charge in [-0.1, -0.05) is 11.6 Å². The average Bonchev–Trinajstić information content (AvgIpc) is 2.29. The van der Waals surface area contributed by atoms with E-state index < -0.39 is 0 Å². The standard InChI is InChI=1S/C11H9BrCl2N2O/c12-9-5-7(14)4-8-10(9)15-6-16(11(8)17)3-1-2-13/h4-6H,1-3H2. The van der Waals surface area contributed by atoms with Gasteiger partial charge >= 0.3 is 0 Å². The number of benzene rings is 1. The van der Waals surface area contributed by atoms with E-state index in [0.717, 1.165) is 10.9 Å². The highest BCUT2D eigenvalue weighted by atomic mass is 79.9. The lowest BCUT2D eigenvalue weighted by molar-refractivity contribution is 0.650. The summed E-state index contributed by atoms with van der Waals surface area (Å²) >= 11 is 14.9. The second-order valence-electron chi connectivity index (χ2n) is 3.57. The minimum atomic E-state index is -0.0942. The maximum atomic E-state index is 12.1. The minimum Gasteiger partial charge on any atom is -0.299 e. The average molecular weight is 336 g/mol. The highest BCUT2D eigenvalue weighted by Crippen LogP contribution is 2.24. The van der Waals surface area contributed by atoms with Crippen LogP contribution in [0.2, 0.25) is 5.02 Å². The van der Waals surface area contributed by atoms with Gasteiger partial charge in [0.05, 0.1) is 17.2 Å². The number of nitrogens with zero attached hydrogens (tertiary/aromatic N) is 2. The van der Waals surface area contributed by atoms with Crippen molar-refractivity contribution in [1.82, 2.24) is 9.55 Å². The third-order valence-electron chi connectivity index (χ3n) is 2.38. The zero-order valence-electron chi connectivity index (χ0n) is 8.79. The summed E-state index contributed by atoms with van der Waals surface area (Å²) in [6.07, 6.45) is 2.27. The Morgan fingerprint density at radius 3 is 2.88 bits per heavy atom. The highest BCUT2D eigenvalue weighted by Gasteiger charge is 2.08. The number of rotatable bonds is 3. The molecule has 0 fully saturated rings. The van der Waals surface area contributed by atoms with Crippen molar-refractivity contribution in [2.24, 2.45) is 0 Å². The normalized spacial score (nSPS) is 11.0. The number of hydrogen-bond acceptors (Lipinski definition) is 2. The van der Waals surface area contributed by atoms with Gasteiger partial charge in [0.2, 0.25) is 0 Å². The van der Waals surface area contributed by atoms with Crippen LogP contribution in [0.3, 0.4) is 0 Å². The van der Waals surface area contributed by atoms with Crippen LogP contribution >= 0.6 is 39.1 Å². The molecule has 6 heteroatoms. The molecule has 0 saturated carbocycles. The molecule has 1 heterocycles. The van der Waals surface area contributed by atoms with Crippen molar-refractivity contribution in [3.05, 3.63) is 38.3 Å². The van der Waals surface area contributed by atoms with Gasteiger partial charge in [0.1, 0.15) is 0 Å². The Hall–Kier alpha value is -0.580. The molecule has 0 aliphatic carbocycles. The van der Waals surface area contributed by atoms with Crippen LogP contribution in [0.1, 0.15) is 6.42 Å². The van der Waals surface area contributed by atoms with E-state index in [2.05, 4.69) is 20.9 Å². The molecule has 2 rings (SSSR count). The zero-order chi connectivity index (χ0) is 12.4. The molecular weight excluding hydrogens is 327 g/mol. The number of alkyl halides is 1. The first-order chi connectivity index (χ1) is 8.13. The molecule has 2 aromatic rings. The first-order valence-corrected chi connectivity index (χ1v) is 6.74. The smallest absolute Gasteiger partial charge is 0.261 e. The third-order valence-corrected chi connectivity index (χ3v) is 3.47. The Balaban J connectivity index is 2.62. The fourth-order valence-electron chi connectivity index (χ4n) is 1.58. The van der Waals surface area contributed by atoms with E-state index in [-0.39, 0.29) is 5.56 Å². The predicted molar refractivity (Wildman–Crippen MR) is 74.1 cm³/mol. The van der Waals surface area contributed by atoms with Gasteiger partial charge in [-0.3, -0.25) is 9.36 Å². The van der Waals surface area contributed by atoms with E-state index in [1.165, 1.54) is 6.33 Å². The first kappa shape index (κ1) is 12.9. The highest BCUT2D eigenvalue weighted by molar-refractivity contribution is 9.10. The Morgan fingerprint density at radius 2 is 2.18 bits per heavy atom. The summed E-state index contributed by atoms with van der Waals surface area (Å²) in [5, 5.41) is 1.03. The molecule has 3 nitrogen and oxygen atoms in total. The van der Waals surface area contributed by atoms with E-state index in [1.54, 1.807) is 16.7 Å². The maximum Gasteiger partial charge on any atom is 0.261 e. The molecule has 0 aliphatic rings. The molecule has 0 N–H and O–H groups in total. The van der Waals surface area contributed by atoms with Crippen LogP contribution < -0.4 is 5.56 Å². The van der Waals surface area contributed by atoms with Gasteiger partial charge in [0.25, 0.3) is 5.56 Å². The van der Waals surface area contributed by atoms with E-state index in [1.807, 2.05) is 0 Å². The van der Waals surface area contributed by atoms with Crippen LogP contribution in [0.25, 0.3) is 10.9 Å². The van der Waals surface area contributed by atoms with E-state index in [9.17, 15) is 4.79 Å². The fourth-order valence-corrected chi connectivity index (χ4v) is 2.62. The SMILES string of the molecule is O=c1c2cc(Cl)cc(Br)c2ncn1CCCCl. The van der Waals surface area contributed by atoms with Crippen molar-refractivity contribution in [2.75, 3.05) is 5.88 Å². The van der Waals surface area contributed by atoms with Crippen LogP contribution in [-0.4, -0.2) is 15.4 Å². The molecule has 0 aliphatic heterocycles. The molecule has 0 bridgehead atoms. The van der Waals surface area contributed by atoms with E-state index in [0.29, 0.717) is 28.4 Å². The van der Waals surface area contributed by atoms with Crippen molar-refractivity contribution in [2.45, 2.75) is 13.0 Å². The summed E-state index contributed by atoms with van der Waals surface area (Å²) in [6.45, 7) is 0.565. The monoisotopic (exact) mass is 334 g/mol. The van der Waals surface area contributed by atoms with Crippen molar-refractivity contribution in [1.29, 1.82) is 0 Å². The molecule has 1 aromatic heterocycles. The lowest BCUT2D eigenvalue weighted by Gasteiger charge is -2.06. The van der Waals surface area contributed by atoms with Gasteiger partial charge in [0, 0.05) is 21.9 Å². The molecule has 0 unspecified atom stereocenters. The second kappa shape index (κ2) is 5.38. The number of fused-ring (bicyclic) bond motifs is 1. The molecule has 17 heavy (non-hydrogen) atoms. The molecule has 1 aromatic carbocycles. The Kier molecular flexibility index (Phi) is 4.07. The topological polar surface area (TPSA) is 34.9 Å². The first-order valence-electron chi connectivity index (χ1n) is 5.03. The van der Waals surface area contributed by atoms with Crippen LogP contribution in [0.5, 0.6) is 0 Å². The van der Waals surface area contributed by atoms with Gasteiger partial charge in [0.15, 0.2) is 0 Å². The largest absolute Gasteiger partial charge is 0.299 e. The van der Waals surface area contributed by atoms with E-state index in [4.69, 9.17) is 23.2 Å². The molecule has 0 amide bonds. The number of hydrogen-bond donors (Lipinski definition) is 0. The summed E-state index contributed by atoms with van der Waals surface area (Å²) in [4.78, 5) is 16.4. The summed E-state index contributed by atoms with van der Waals surface area (Å²) in [5.74, 6) is 0.518. The van der Waals surface area contributed by atoms with Gasteiger partial charge in [-0.25, -0.2) is 4.98 Å². The molecule has 0 spiro atoms. The van der Waals surface area contributed by atoms with Gasteiger partial charge in [-0.05, 0) is 34.5 Å². The summed E-state index contributed by atoms with van der Waals surface area (Å²) < 4.78 is 2.27. The van der Waals surface area contributed by atoms with Crippen LogP contribution in [0, 0.1) is 0 Å². The van der Waals surface area contributed by atoms with Crippen LogP contribution in [0.4, 0.5) is 0 Å². The second-order valence-corrected chi connectivity index (χ2v) is 5.24. The molecule has 0 radical (unpaired) electrons. The summed E-state index contributed by atoms with van der Waals surface area (Å²) in [7, 11) is 0. The zero-order valence-corrected chi connectivity index (χ0v) is 11.9. The number of aromatic nitrogens is 2. The summed E-state index contributed by atoms with van der Waals surface area (Å²) in [5.41, 5.74) is 0.532. The maximum absolute atomic E-state index is 12.1. The Morgan fingerprint density at radius 1 is 1.41 bits per heavy atom. The lowest BCUT2D eigenvalue weighted by atomic mass is 10.2. The predicted octanol–water partition coefficient (Wildman–Crippen LogP) is 3.44. The molecular formula is C11H9BrCl2N2O. The fraction of sp³-hybridized carbons (Fsp3) is 0.273. The van der Waals surface area contributed by atoms with E-state index >= 15 is 0 Å². The van der Waals surface area contributed by atoms with Crippen molar-refractivity contribution in [3.8, 4) is 0 Å². The molecule has 0 atom stereocenters. The van der Waals surface area contributed by atoms with Gasteiger partial charge in [-0.15, -0.1) is 11.6 Å². The van der Waals surface area contributed by atoms with Crippen LogP contribution in [-0.2, 0) is 6.54 Å². The quantitative estimate of drug-likeness (QED) is 0.805. The summed E-state index contributed by atoms with van der Waals surface area (Å²) in [6, 6.07) is 3.35. The van der Waals surface area contributed by atoms with Crippen LogP contribution in [0.15, 0.2) is 27.7 Å². The van der Waals surface area contributed by atoms with Crippen molar-refractivity contribution in [3.63, 3.8) is 0 Å². The number of halogens is 3. The Bertz CT molecular complexity index is 612. The van der Waals surface area contributed by atoms with Crippen molar-refractivity contribution >= 4 is 50.0 Å². The third kappa shape index (κ3) is 2.64. The van der Waals surface area contributed by atoms with Gasteiger partial charge < -0.3 is 0 Å². The van der Waals surface area contributed by atoms with Gasteiger partial charge in [-0.2, -0.15) is 0 Å². The molecule has 0 saturated heterocycles. The minimum absolute atomic E-state index is 0.0942. The number of aryl methyl sites for hydroxylation is 1. The van der Waals surface area contributed by atoms with Crippen molar-refractivity contribution < 1.29 is 0 Å². The Labute approximate surface area is 116 Å².